The van der Waals surface area contributed by atoms with E-state index < -0.39 is 0 Å². The minimum atomic E-state index is 0.881. The molecule has 1 aromatic carbocycles. The van der Waals surface area contributed by atoms with E-state index in [2.05, 4.69) is 55.1 Å². The summed E-state index contributed by atoms with van der Waals surface area (Å²) in [5.74, 6) is 2.12. The van der Waals surface area contributed by atoms with E-state index in [-0.39, 0.29) is 0 Å². The number of para-hydroxylation sites is 1. The summed E-state index contributed by atoms with van der Waals surface area (Å²) < 4.78 is 4.26. The summed E-state index contributed by atoms with van der Waals surface area (Å²) in [5.41, 5.74) is 1.16. The molecular weight excluding hydrogens is 380 g/mol. The van der Waals surface area contributed by atoms with Gasteiger partial charge >= 0.3 is 0 Å². The zero-order valence-corrected chi connectivity index (χ0v) is 17.8. The van der Waals surface area contributed by atoms with E-state index in [4.69, 9.17) is 0 Å². The number of hydrogen-bond donors (Lipinski definition) is 0. The van der Waals surface area contributed by atoms with E-state index >= 15 is 0 Å². The van der Waals surface area contributed by atoms with Gasteiger partial charge in [-0.3, -0.25) is 14.1 Å². The third-order valence-corrected chi connectivity index (χ3v) is 6.37. The summed E-state index contributed by atoms with van der Waals surface area (Å²) in [6, 6.07) is 12.5. The maximum Gasteiger partial charge on any atom is 0.195 e. The molecule has 0 bridgehead atoms. The minimum Gasteiger partial charge on any atom is -0.296 e. The number of thioether (sulfide) groups is 1. The maximum atomic E-state index is 4.57. The fraction of sp³-hybridized carbons (Fsp3) is 0.500. The van der Waals surface area contributed by atoms with E-state index in [1.54, 1.807) is 0 Å². The second kappa shape index (κ2) is 10.6. The van der Waals surface area contributed by atoms with Crippen molar-refractivity contribution in [3.05, 3.63) is 54.6 Å². The summed E-state index contributed by atoms with van der Waals surface area (Å²) in [7, 11) is 0. The molecule has 0 saturated carbocycles. The Balaban J connectivity index is 1.35. The van der Waals surface area contributed by atoms with Gasteiger partial charge in [-0.05, 0) is 57.0 Å². The fourth-order valence-electron chi connectivity index (χ4n) is 3.80. The van der Waals surface area contributed by atoms with Crippen molar-refractivity contribution in [3.63, 3.8) is 0 Å². The lowest BCUT2D eigenvalue weighted by atomic mass is 10.1. The molecule has 1 fully saturated rings. The first-order valence-corrected chi connectivity index (χ1v) is 11.7. The third kappa shape index (κ3) is 5.70. The Kier molecular flexibility index (Phi) is 7.37. The van der Waals surface area contributed by atoms with Gasteiger partial charge in [-0.1, -0.05) is 42.8 Å². The highest BCUT2D eigenvalue weighted by Gasteiger charge is 2.18. The van der Waals surface area contributed by atoms with E-state index in [1.807, 2.05) is 34.9 Å². The van der Waals surface area contributed by atoms with Crippen molar-refractivity contribution in [2.75, 3.05) is 18.8 Å². The summed E-state index contributed by atoms with van der Waals surface area (Å²) in [4.78, 5) is 2.51. The van der Waals surface area contributed by atoms with Crippen LogP contribution < -0.4 is 0 Å². The number of piperidine rings is 1. The second-order valence-electron chi connectivity index (χ2n) is 7.58. The molecule has 0 spiro atoms. The molecule has 0 aliphatic carbocycles. The highest BCUT2D eigenvalue weighted by Crippen LogP contribution is 2.24. The van der Waals surface area contributed by atoms with E-state index in [9.17, 15) is 0 Å². The Labute approximate surface area is 177 Å². The molecule has 1 aliphatic rings. The highest BCUT2D eigenvalue weighted by atomic mass is 32.2. The van der Waals surface area contributed by atoms with Crippen LogP contribution in [0.4, 0.5) is 0 Å². The van der Waals surface area contributed by atoms with Gasteiger partial charge < -0.3 is 0 Å². The number of benzene rings is 1. The van der Waals surface area contributed by atoms with Gasteiger partial charge in [0.05, 0.1) is 6.54 Å². The predicted octanol–water partition coefficient (Wildman–Crippen LogP) is 4.41. The van der Waals surface area contributed by atoms with Crippen LogP contribution in [0.2, 0.25) is 0 Å². The number of hydrogen-bond acceptors (Lipinski definition) is 5. The van der Waals surface area contributed by atoms with E-state index in [0.717, 1.165) is 41.9 Å². The quantitative estimate of drug-likeness (QED) is 0.366. The largest absolute Gasteiger partial charge is 0.296 e. The molecule has 154 valence electrons. The number of nitrogens with zero attached hydrogens (tertiary/aromatic N) is 6. The molecule has 3 aromatic rings. The summed E-state index contributed by atoms with van der Waals surface area (Å²) in [6.45, 7) is 4.21. The zero-order valence-electron chi connectivity index (χ0n) is 17.0. The topological polar surface area (TPSA) is 51.8 Å². The number of rotatable bonds is 10. The molecule has 0 radical (unpaired) electrons. The van der Waals surface area contributed by atoms with Crippen molar-refractivity contribution < 1.29 is 0 Å². The van der Waals surface area contributed by atoms with Crippen molar-refractivity contribution in [1.29, 1.82) is 0 Å². The van der Waals surface area contributed by atoms with Crippen molar-refractivity contribution in [2.24, 2.45) is 0 Å². The maximum absolute atomic E-state index is 4.57. The first-order valence-electron chi connectivity index (χ1n) is 10.7. The smallest absolute Gasteiger partial charge is 0.195 e. The average molecular weight is 411 g/mol. The van der Waals surface area contributed by atoms with Crippen LogP contribution in [0.1, 0.15) is 44.3 Å². The fourth-order valence-corrected chi connectivity index (χ4v) is 4.77. The van der Waals surface area contributed by atoms with Crippen LogP contribution in [-0.4, -0.2) is 48.3 Å². The van der Waals surface area contributed by atoms with Gasteiger partial charge in [-0.25, -0.2) is 0 Å². The first-order chi connectivity index (χ1) is 14.4. The van der Waals surface area contributed by atoms with Gasteiger partial charge in [0.15, 0.2) is 11.0 Å². The molecule has 7 heteroatoms. The predicted molar refractivity (Wildman–Crippen MR) is 117 cm³/mol. The molecule has 4 rings (SSSR count). The molecular formula is C22H30N6S. The lowest BCUT2D eigenvalue weighted by Crippen LogP contribution is -2.30. The van der Waals surface area contributed by atoms with Gasteiger partial charge in [0.2, 0.25) is 0 Å². The third-order valence-electron chi connectivity index (χ3n) is 5.35. The van der Waals surface area contributed by atoms with Crippen LogP contribution >= 0.6 is 11.8 Å². The molecule has 1 aliphatic heterocycles. The summed E-state index contributed by atoms with van der Waals surface area (Å²) in [5, 5.41) is 14.4. The molecule has 0 amide bonds. The van der Waals surface area contributed by atoms with Crippen LogP contribution in [0.15, 0.2) is 53.9 Å². The minimum absolute atomic E-state index is 0.881. The number of aryl methyl sites for hydroxylation is 1. The lowest BCUT2D eigenvalue weighted by molar-refractivity contribution is 0.214. The summed E-state index contributed by atoms with van der Waals surface area (Å²) in [6.07, 6.45) is 11.3. The molecule has 1 saturated heterocycles. The Morgan fingerprint density at radius 1 is 0.897 bits per heavy atom. The second-order valence-corrected chi connectivity index (χ2v) is 8.65. The van der Waals surface area contributed by atoms with Crippen molar-refractivity contribution >= 4 is 11.8 Å². The van der Waals surface area contributed by atoms with Gasteiger partial charge in [0.1, 0.15) is 0 Å². The Morgan fingerprint density at radius 3 is 2.55 bits per heavy atom. The molecule has 0 atom stereocenters. The van der Waals surface area contributed by atoms with Crippen LogP contribution in [0.25, 0.3) is 5.69 Å². The van der Waals surface area contributed by atoms with E-state index in [0.29, 0.717) is 0 Å². The Hall–Kier alpha value is -2.12. The zero-order chi connectivity index (χ0) is 19.7. The van der Waals surface area contributed by atoms with Crippen LogP contribution in [-0.2, 0) is 13.1 Å². The molecule has 6 nitrogen and oxygen atoms in total. The van der Waals surface area contributed by atoms with Gasteiger partial charge in [0, 0.05) is 30.4 Å². The van der Waals surface area contributed by atoms with Gasteiger partial charge in [-0.15, -0.1) is 10.2 Å². The first kappa shape index (κ1) is 20.2. The highest BCUT2D eigenvalue weighted by molar-refractivity contribution is 7.99. The SMILES string of the molecule is c1ccc(-n2c(CN3CCCCC3)nnc2SCCCCCn2cccn2)cc1. The van der Waals surface area contributed by atoms with Crippen LogP contribution in [0.3, 0.4) is 0 Å². The van der Waals surface area contributed by atoms with E-state index in [1.165, 1.54) is 45.2 Å². The Morgan fingerprint density at radius 2 is 1.76 bits per heavy atom. The molecule has 0 N–H and O–H groups in total. The van der Waals surface area contributed by atoms with Crippen molar-refractivity contribution in [1.82, 2.24) is 29.4 Å². The molecule has 0 unspecified atom stereocenters. The number of aromatic nitrogens is 5. The number of unbranched alkanes of at least 4 members (excludes halogenated alkanes) is 2. The van der Waals surface area contributed by atoms with Crippen LogP contribution in [0, 0.1) is 0 Å². The molecule has 3 heterocycles. The lowest BCUT2D eigenvalue weighted by Gasteiger charge is -2.26. The van der Waals surface area contributed by atoms with Gasteiger partial charge in [-0.2, -0.15) is 5.10 Å². The molecule has 2 aromatic heterocycles. The van der Waals surface area contributed by atoms with Crippen LogP contribution in [0.5, 0.6) is 0 Å². The molecule has 29 heavy (non-hydrogen) atoms. The summed E-state index contributed by atoms with van der Waals surface area (Å²) >= 11 is 1.82. The standard InChI is InChI=1S/C22H30N6S/c1-4-11-20(12-5-1)28-21(19-26-14-6-2-7-15-26)24-25-22(28)29-18-9-3-8-16-27-17-10-13-23-27/h1,4-5,10-13,17H,2-3,6-9,14-16,18-19H2. The number of likely N-dealkylation sites (tertiary alicyclic amines) is 1. The van der Waals surface area contributed by atoms with Gasteiger partial charge in [0.25, 0.3) is 0 Å². The average Bonchev–Trinajstić information content (AvgIpc) is 3.42. The Bertz CT molecular complexity index is 840. The monoisotopic (exact) mass is 410 g/mol. The van der Waals surface area contributed by atoms with Crippen molar-refractivity contribution in [2.45, 2.75) is 56.8 Å². The van der Waals surface area contributed by atoms with Crippen molar-refractivity contribution in [3.8, 4) is 5.69 Å². The normalized spacial score (nSPS) is 15.0.